The molecule has 0 aromatic heterocycles. The summed E-state index contributed by atoms with van der Waals surface area (Å²) in [5.74, 6) is 0. The van der Waals surface area contributed by atoms with E-state index in [-0.39, 0.29) is 5.60 Å². The molecule has 0 spiro atoms. The van der Waals surface area contributed by atoms with E-state index < -0.39 is 16.6 Å². The molecule has 0 N–H and O–H groups in total. The lowest BCUT2D eigenvalue weighted by molar-refractivity contribution is 0.0948. The summed E-state index contributed by atoms with van der Waals surface area (Å²) in [5.41, 5.74) is 0.184. The second-order valence-corrected chi connectivity index (χ2v) is 16.0. The zero-order valence-corrected chi connectivity index (χ0v) is 14.0. The van der Waals surface area contributed by atoms with Crippen molar-refractivity contribution >= 4 is 16.6 Å². The first-order chi connectivity index (χ1) is 7.02. The minimum absolute atomic E-state index is 0.184. The van der Waals surface area contributed by atoms with E-state index in [1.165, 1.54) is 12.8 Å². The molecule has 0 aromatic rings. The van der Waals surface area contributed by atoms with Gasteiger partial charge in [-0.2, -0.15) is 0 Å². The van der Waals surface area contributed by atoms with Crippen LogP contribution in [0.1, 0.15) is 26.2 Å². The average Bonchev–Trinajstić information content (AvgIpc) is 2.58. The Labute approximate surface area is 103 Å². The van der Waals surface area contributed by atoms with Crippen LogP contribution in [0.25, 0.3) is 0 Å². The van der Waals surface area contributed by atoms with E-state index in [1.807, 2.05) is 0 Å². The Bertz CT molecular complexity index is 236. The predicted molar refractivity (Wildman–Crippen MR) is 74.9 cm³/mol. The van der Waals surface area contributed by atoms with Crippen LogP contribution in [0.2, 0.25) is 39.3 Å². The maximum Gasteiger partial charge on any atom is 0.184 e. The Hall–Kier alpha value is 0.354. The molecule has 0 unspecified atom stereocenters. The molecule has 2 nitrogen and oxygen atoms in total. The maximum absolute atomic E-state index is 6.30. The molecule has 0 heterocycles. The zero-order chi connectivity index (χ0) is 12.6. The second-order valence-electron chi connectivity index (χ2n) is 7.14. The van der Waals surface area contributed by atoms with Crippen LogP contribution < -0.4 is 0 Å². The SMILES string of the molecule is C[C@H](CC1(O[Si](C)(C)C)CC1)O[Si](C)(C)C. The first-order valence-corrected chi connectivity index (χ1v) is 13.2. The van der Waals surface area contributed by atoms with Gasteiger partial charge < -0.3 is 8.85 Å². The van der Waals surface area contributed by atoms with Crippen LogP contribution in [-0.2, 0) is 8.85 Å². The van der Waals surface area contributed by atoms with Crippen LogP contribution >= 0.6 is 0 Å². The minimum atomic E-state index is -1.40. The summed E-state index contributed by atoms with van der Waals surface area (Å²) in [7, 11) is -2.79. The molecule has 1 aliphatic carbocycles. The molecular weight excluding hydrogens is 232 g/mol. The summed E-state index contributed by atoms with van der Waals surface area (Å²) in [5, 5.41) is 0. The lowest BCUT2D eigenvalue weighted by Crippen LogP contribution is -2.38. The third-order valence-corrected chi connectivity index (χ3v) is 4.70. The van der Waals surface area contributed by atoms with Crippen LogP contribution in [0.5, 0.6) is 0 Å². The van der Waals surface area contributed by atoms with Crippen LogP contribution in [0, 0.1) is 0 Å². The molecule has 0 aromatic carbocycles. The van der Waals surface area contributed by atoms with Gasteiger partial charge in [-0.3, -0.25) is 0 Å². The molecule has 1 fully saturated rings. The zero-order valence-electron chi connectivity index (χ0n) is 12.0. The molecule has 1 saturated carbocycles. The van der Waals surface area contributed by atoms with Gasteiger partial charge >= 0.3 is 0 Å². The summed E-state index contributed by atoms with van der Waals surface area (Å²) >= 11 is 0. The molecule has 0 saturated heterocycles. The van der Waals surface area contributed by atoms with Gasteiger partial charge in [0.25, 0.3) is 0 Å². The lowest BCUT2D eigenvalue weighted by atomic mass is 10.1. The van der Waals surface area contributed by atoms with E-state index in [0.717, 1.165) is 6.42 Å². The van der Waals surface area contributed by atoms with Crippen molar-refractivity contribution in [1.29, 1.82) is 0 Å². The summed E-state index contributed by atoms with van der Waals surface area (Å²) in [4.78, 5) is 0. The fourth-order valence-electron chi connectivity index (χ4n) is 2.31. The van der Waals surface area contributed by atoms with Crippen molar-refractivity contribution < 1.29 is 8.85 Å². The molecule has 96 valence electrons. The van der Waals surface area contributed by atoms with Gasteiger partial charge in [0.1, 0.15) is 0 Å². The second kappa shape index (κ2) is 4.55. The van der Waals surface area contributed by atoms with Crippen LogP contribution in [0.3, 0.4) is 0 Å². The molecule has 0 amide bonds. The number of hydrogen-bond donors (Lipinski definition) is 0. The Morgan fingerprint density at radius 1 is 1.00 bits per heavy atom. The first-order valence-electron chi connectivity index (χ1n) is 6.39. The van der Waals surface area contributed by atoms with Crippen molar-refractivity contribution in [1.82, 2.24) is 0 Å². The van der Waals surface area contributed by atoms with Gasteiger partial charge in [-0.25, -0.2) is 0 Å². The summed E-state index contributed by atoms with van der Waals surface area (Å²) in [6.45, 7) is 15.8. The summed E-state index contributed by atoms with van der Waals surface area (Å²) < 4.78 is 12.4. The molecule has 0 aliphatic heterocycles. The van der Waals surface area contributed by atoms with Gasteiger partial charge in [-0.1, -0.05) is 0 Å². The van der Waals surface area contributed by atoms with E-state index in [1.54, 1.807) is 0 Å². The fraction of sp³-hybridized carbons (Fsp3) is 1.00. The van der Waals surface area contributed by atoms with E-state index >= 15 is 0 Å². The molecule has 1 rings (SSSR count). The van der Waals surface area contributed by atoms with Crippen molar-refractivity contribution in [3.63, 3.8) is 0 Å². The fourth-order valence-corrected chi connectivity index (χ4v) is 5.18. The van der Waals surface area contributed by atoms with Gasteiger partial charge in [0.15, 0.2) is 16.6 Å². The van der Waals surface area contributed by atoms with Gasteiger partial charge in [0, 0.05) is 6.10 Å². The highest BCUT2D eigenvalue weighted by atomic mass is 28.4. The molecular formula is C12H28O2Si2. The highest BCUT2D eigenvalue weighted by molar-refractivity contribution is 6.70. The smallest absolute Gasteiger partial charge is 0.184 e. The number of rotatable bonds is 6. The lowest BCUT2D eigenvalue weighted by Gasteiger charge is -2.31. The highest BCUT2D eigenvalue weighted by Gasteiger charge is 2.47. The average molecular weight is 261 g/mol. The van der Waals surface area contributed by atoms with Crippen LogP contribution in [0.4, 0.5) is 0 Å². The molecule has 16 heavy (non-hydrogen) atoms. The largest absolute Gasteiger partial charge is 0.415 e. The highest BCUT2D eigenvalue weighted by Crippen LogP contribution is 2.46. The van der Waals surface area contributed by atoms with Crippen molar-refractivity contribution in [2.45, 2.75) is 77.2 Å². The third-order valence-electron chi connectivity index (χ3n) is 2.54. The quantitative estimate of drug-likeness (QED) is 0.672. The predicted octanol–water partition coefficient (Wildman–Crippen LogP) is 4.00. The normalized spacial score (nSPS) is 21.9. The van der Waals surface area contributed by atoms with E-state index in [9.17, 15) is 0 Å². The summed E-state index contributed by atoms with van der Waals surface area (Å²) in [6, 6.07) is 0. The van der Waals surface area contributed by atoms with Crippen LogP contribution in [0.15, 0.2) is 0 Å². The van der Waals surface area contributed by atoms with Crippen molar-refractivity contribution in [2.24, 2.45) is 0 Å². The monoisotopic (exact) mass is 260 g/mol. The maximum atomic E-state index is 6.30. The van der Waals surface area contributed by atoms with Gasteiger partial charge in [0.2, 0.25) is 0 Å². The summed E-state index contributed by atoms with van der Waals surface area (Å²) in [6.07, 6.45) is 3.90. The Kier molecular flexibility index (Phi) is 4.10. The van der Waals surface area contributed by atoms with Crippen LogP contribution in [-0.4, -0.2) is 28.3 Å². The molecule has 0 radical (unpaired) electrons. The molecule has 1 atom stereocenters. The van der Waals surface area contributed by atoms with Crippen molar-refractivity contribution in [3.8, 4) is 0 Å². The van der Waals surface area contributed by atoms with Crippen molar-refractivity contribution in [3.05, 3.63) is 0 Å². The Morgan fingerprint density at radius 2 is 1.50 bits per heavy atom. The molecule has 1 aliphatic rings. The standard InChI is InChI=1S/C12H28O2Si2/c1-11(13-15(2,3)4)10-12(8-9-12)14-16(5,6)7/h11H,8-10H2,1-7H3/t11-/m1/s1. The topological polar surface area (TPSA) is 18.5 Å². The molecule has 4 heteroatoms. The third kappa shape index (κ3) is 5.61. The minimum Gasteiger partial charge on any atom is -0.415 e. The Morgan fingerprint density at radius 3 is 1.81 bits per heavy atom. The Balaban J connectivity index is 2.42. The van der Waals surface area contributed by atoms with E-state index in [4.69, 9.17) is 8.85 Å². The van der Waals surface area contributed by atoms with Crippen molar-refractivity contribution in [2.75, 3.05) is 0 Å². The first kappa shape index (κ1) is 14.4. The van der Waals surface area contributed by atoms with E-state index in [0.29, 0.717) is 6.10 Å². The van der Waals surface area contributed by atoms with E-state index in [2.05, 4.69) is 46.2 Å². The molecule has 0 bridgehead atoms. The van der Waals surface area contributed by atoms with Gasteiger partial charge in [-0.15, -0.1) is 0 Å². The van der Waals surface area contributed by atoms with Gasteiger partial charge in [0.05, 0.1) is 5.60 Å². The number of hydrogen-bond acceptors (Lipinski definition) is 2. The van der Waals surface area contributed by atoms with Gasteiger partial charge in [-0.05, 0) is 65.5 Å².